The molecule has 0 spiro atoms. The number of hydrogen-bond acceptors (Lipinski definition) is 6. The highest BCUT2D eigenvalue weighted by molar-refractivity contribution is 8.00. The maximum Gasteiger partial charge on any atom is 0.219 e. The molecule has 1 saturated heterocycles. The van der Waals surface area contributed by atoms with Crippen LogP contribution in [-0.2, 0) is 15.8 Å². The highest BCUT2D eigenvalue weighted by atomic mass is 35.5. The fourth-order valence-electron chi connectivity index (χ4n) is 3.15. The molecule has 0 amide bonds. The van der Waals surface area contributed by atoms with E-state index in [1.165, 1.54) is 4.31 Å². The van der Waals surface area contributed by atoms with Crippen LogP contribution >= 0.6 is 23.4 Å². The molecule has 6 nitrogen and oxygen atoms in total. The van der Waals surface area contributed by atoms with E-state index in [-0.39, 0.29) is 5.75 Å². The molecule has 1 unspecified atom stereocenters. The van der Waals surface area contributed by atoms with Gasteiger partial charge in [0.05, 0.1) is 32.5 Å². The number of halogens is 1. The summed E-state index contributed by atoms with van der Waals surface area (Å²) in [7, 11) is 1.08. The van der Waals surface area contributed by atoms with Gasteiger partial charge in [-0.05, 0) is 23.8 Å². The van der Waals surface area contributed by atoms with Gasteiger partial charge in [0, 0.05) is 29.0 Å². The van der Waals surface area contributed by atoms with E-state index < -0.39 is 15.4 Å². The first kappa shape index (κ1) is 21.1. The standard InChI is InChI=1S/C19H22ClNO5S2/c1-24-16-11-18(26-3)17(25-2)10-15(16)19-21(7-8-27-19)28(22,23)12-13-5-4-6-14(20)9-13/h4-6,9-11,19H,7-8,12H2,1-3H3. The number of hydrogen-bond donors (Lipinski definition) is 0. The molecular formula is C19H22ClNO5S2. The van der Waals surface area contributed by atoms with Crippen molar-refractivity contribution in [2.75, 3.05) is 33.6 Å². The molecule has 1 heterocycles. The Morgan fingerprint density at radius 1 is 1.07 bits per heavy atom. The zero-order valence-corrected chi connectivity index (χ0v) is 18.2. The molecule has 1 aliphatic heterocycles. The molecule has 0 radical (unpaired) electrons. The molecule has 152 valence electrons. The minimum absolute atomic E-state index is 0.111. The maximum absolute atomic E-state index is 13.1. The van der Waals surface area contributed by atoms with Crippen LogP contribution in [0.3, 0.4) is 0 Å². The van der Waals surface area contributed by atoms with Crippen LogP contribution in [0.2, 0.25) is 5.02 Å². The van der Waals surface area contributed by atoms with Gasteiger partial charge in [-0.2, -0.15) is 4.31 Å². The molecule has 2 aromatic carbocycles. The van der Waals surface area contributed by atoms with Gasteiger partial charge in [0.2, 0.25) is 10.0 Å². The second kappa shape index (κ2) is 8.82. The SMILES string of the molecule is COc1cc(OC)c(C2SCCN2S(=O)(=O)Cc2cccc(Cl)c2)cc1OC. The first-order valence-electron chi connectivity index (χ1n) is 8.55. The Morgan fingerprint density at radius 2 is 1.75 bits per heavy atom. The Balaban J connectivity index is 1.96. The Bertz CT molecular complexity index is 951. The number of ether oxygens (including phenoxy) is 3. The molecular weight excluding hydrogens is 422 g/mol. The Morgan fingerprint density at radius 3 is 2.39 bits per heavy atom. The summed E-state index contributed by atoms with van der Waals surface area (Å²) >= 11 is 7.56. The van der Waals surface area contributed by atoms with Crippen LogP contribution in [0.1, 0.15) is 16.5 Å². The maximum atomic E-state index is 13.1. The fraction of sp³-hybridized carbons (Fsp3) is 0.368. The monoisotopic (exact) mass is 443 g/mol. The van der Waals surface area contributed by atoms with E-state index in [1.54, 1.807) is 69.5 Å². The molecule has 0 bridgehead atoms. The summed E-state index contributed by atoms with van der Waals surface area (Å²) in [6.07, 6.45) is 0. The van der Waals surface area contributed by atoms with Crippen LogP contribution in [0.5, 0.6) is 17.2 Å². The number of nitrogens with zero attached hydrogens (tertiary/aromatic N) is 1. The van der Waals surface area contributed by atoms with Crippen molar-refractivity contribution in [3.05, 3.63) is 52.5 Å². The van der Waals surface area contributed by atoms with Gasteiger partial charge in [-0.15, -0.1) is 11.8 Å². The van der Waals surface area contributed by atoms with E-state index in [0.29, 0.717) is 40.1 Å². The van der Waals surface area contributed by atoms with E-state index in [0.717, 1.165) is 5.56 Å². The third kappa shape index (κ3) is 4.35. The second-order valence-electron chi connectivity index (χ2n) is 6.17. The fourth-order valence-corrected chi connectivity index (χ4v) is 6.76. The number of thioether (sulfide) groups is 1. The average molecular weight is 444 g/mol. The number of methoxy groups -OCH3 is 3. The lowest BCUT2D eigenvalue weighted by molar-refractivity contribution is 0.344. The molecule has 3 rings (SSSR count). The van der Waals surface area contributed by atoms with Gasteiger partial charge in [-0.3, -0.25) is 0 Å². The summed E-state index contributed by atoms with van der Waals surface area (Å²) in [6.45, 7) is 0.426. The Kier molecular flexibility index (Phi) is 6.65. The normalized spacial score (nSPS) is 17.5. The molecule has 1 aliphatic rings. The summed E-state index contributed by atoms with van der Waals surface area (Å²) < 4.78 is 44.0. The van der Waals surface area contributed by atoms with Gasteiger partial charge in [-0.25, -0.2) is 8.42 Å². The van der Waals surface area contributed by atoms with Crippen molar-refractivity contribution in [2.24, 2.45) is 0 Å². The number of benzene rings is 2. The van der Waals surface area contributed by atoms with Crippen molar-refractivity contribution < 1.29 is 22.6 Å². The third-order valence-corrected chi connectivity index (χ3v) is 7.86. The lowest BCUT2D eigenvalue weighted by Crippen LogP contribution is -2.31. The van der Waals surface area contributed by atoms with Crippen molar-refractivity contribution in [3.8, 4) is 17.2 Å². The molecule has 1 fully saturated rings. The Hall–Kier alpha value is -1.61. The molecule has 28 heavy (non-hydrogen) atoms. The third-order valence-electron chi connectivity index (χ3n) is 4.45. The highest BCUT2D eigenvalue weighted by Gasteiger charge is 2.38. The predicted molar refractivity (Wildman–Crippen MR) is 112 cm³/mol. The van der Waals surface area contributed by atoms with E-state index in [1.807, 2.05) is 0 Å². The molecule has 0 aliphatic carbocycles. The summed E-state index contributed by atoms with van der Waals surface area (Å²) in [6, 6.07) is 10.4. The van der Waals surface area contributed by atoms with E-state index in [9.17, 15) is 8.42 Å². The molecule has 2 aromatic rings. The first-order valence-corrected chi connectivity index (χ1v) is 11.6. The van der Waals surface area contributed by atoms with Gasteiger partial charge < -0.3 is 14.2 Å². The topological polar surface area (TPSA) is 65.1 Å². The lowest BCUT2D eigenvalue weighted by Gasteiger charge is -2.25. The predicted octanol–water partition coefficient (Wildman–Crippen LogP) is 3.94. The van der Waals surface area contributed by atoms with Crippen LogP contribution < -0.4 is 14.2 Å². The van der Waals surface area contributed by atoms with Crippen LogP contribution in [0.4, 0.5) is 0 Å². The van der Waals surface area contributed by atoms with E-state index in [2.05, 4.69) is 0 Å². The lowest BCUT2D eigenvalue weighted by atomic mass is 10.1. The second-order valence-corrected chi connectivity index (χ2v) is 9.72. The van der Waals surface area contributed by atoms with Crippen molar-refractivity contribution >= 4 is 33.4 Å². The number of sulfonamides is 1. The zero-order valence-electron chi connectivity index (χ0n) is 15.8. The summed E-state index contributed by atoms with van der Waals surface area (Å²) in [5.41, 5.74) is 1.39. The zero-order chi connectivity index (χ0) is 20.3. The van der Waals surface area contributed by atoms with Crippen molar-refractivity contribution in [2.45, 2.75) is 11.1 Å². The summed E-state index contributed by atoms with van der Waals surface area (Å²) in [5.74, 6) is 2.19. The minimum atomic E-state index is -3.56. The molecule has 0 saturated carbocycles. The van der Waals surface area contributed by atoms with E-state index in [4.69, 9.17) is 25.8 Å². The number of rotatable bonds is 7. The first-order chi connectivity index (χ1) is 13.4. The van der Waals surface area contributed by atoms with Gasteiger partial charge >= 0.3 is 0 Å². The van der Waals surface area contributed by atoms with Gasteiger partial charge in [0.25, 0.3) is 0 Å². The van der Waals surface area contributed by atoms with Crippen LogP contribution in [0, 0.1) is 0 Å². The quantitative estimate of drug-likeness (QED) is 0.645. The van der Waals surface area contributed by atoms with E-state index >= 15 is 0 Å². The minimum Gasteiger partial charge on any atom is -0.496 e. The molecule has 1 atom stereocenters. The van der Waals surface area contributed by atoms with Crippen molar-refractivity contribution in [3.63, 3.8) is 0 Å². The van der Waals surface area contributed by atoms with Crippen molar-refractivity contribution in [1.29, 1.82) is 0 Å². The summed E-state index contributed by atoms with van der Waals surface area (Å²) in [5, 5.41) is 0.112. The van der Waals surface area contributed by atoms with Crippen molar-refractivity contribution in [1.82, 2.24) is 4.31 Å². The molecule has 0 N–H and O–H groups in total. The van der Waals surface area contributed by atoms with Gasteiger partial charge in [0.15, 0.2) is 11.5 Å². The van der Waals surface area contributed by atoms with Gasteiger partial charge in [-0.1, -0.05) is 23.7 Å². The Labute approximate surface area is 174 Å². The molecule has 9 heteroatoms. The van der Waals surface area contributed by atoms with Crippen LogP contribution in [0.25, 0.3) is 0 Å². The molecule has 0 aromatic heterocycles. The smallest absolute Gasteiger partial charge is 0.219 e. The van der Waals surface area contributed by atoms with Crippen LogP contribution in [0.15, 0.2) is 36.4 Å². The summed E-state index contributed by atoms with van der Waals surface area (Å²) in [4.78, 5) is 0. The average Bonchev–Trinajstić information content (AvgIpc) is 3.17. The van der Waals surface area contributed by atoms with Gasteiger partial charge in [0.1, 0.15) is 5.75 Å². The highest BCUT2D eigenvalue weighted by Crippen LogP contribution is 2.47. The largest absolute Gasteiger partial charge is 0.496 e. The van der Waals surface area contributed by atoms with Crippen LogP contribution in [-0.4, -0.2) is 46.4 Å².